The maximum absolute atomic E-state index is 13.3. The maximum atomic E-state index is 13.3. The lowest BCUT2D eigenvalue weighted by molar-refractivity contribution is -0.126. The second-order valence-electron chi connectivity index (χ2n) is 4.63. The van der Waals surface area contributed by atoms with Gasteiger partial charge in [0.15, 0.2) is 0 Å². The van der Waals surface area contributed by atoms with E-state index in [-0.39, 0.29) is 11.7 Å². The van der Waals surface area contributed by atoms with E-state index in [0.717, 1.165) is 5.56 Å². The minimum atomic E-state index is -0.830. The number of carbonyl (C=O) groups excluding carboxylic acids is 1. The molecule has 3 N–H and O–H groups in total. The van der Waals surface area contributed by atoms with Crippen molar-refractivity contribution in [2.75, 3.05) is 0 Å². The summed E-state index contributed by atoms with van der Waals surface area (Å²) in [5.41, 5.74) is 6.48. The Kier molecular flexibility index (Phi) is 4.84. The zero-order valence-corrected chi connectivity index (χ0v) is 11.2. The minimum Gasteiger partial charge on any atom is -0.350 e. The molecule has 100 valence electrons. The normalized spacial score (nSPS) is 11.4. The number of hydrogen-bond acceptors (Lipinski definition) is 2. The first-order valence-electron chi connectivity index (χ1n) is 6.25. The van der Waals surface area contributed by atoms with Crippen molar-refractivity contribution in [3.8, 4) is 0 Å². The molecule has 0 radical (unpaired) electrons. The summed E-state index contributed by atoms with van der Waals surface area (Å²) in [6.07, 6.45) is 1.16. The van der Waals surface area contributed by atoms with Gasteiger partial charge in [0.25, 0.3) is 0 Å². The Morgan fingerprint density at radius 2 is 2.00 bits per heavy atom. The van der Waals surface area contributed by atoms with Crippen LogP contribution in [0.25, 0.3) is 0 Å². The molecule has 1 aromatic carbocycles. The van der Waals surface area contributed by atoms with Crippen LogP contribution in [0.1, 0.15) is 37.8 Å². The highest BCUT2D eigenvalue weighted by molar-refractivity contribution is 5.85. The highest BCUT2D eigenvalue weighted by Gasteiger charge is 2.29. The van der Waals surface area contributed by atoms with E-state index >= 15 is 0 Å². The number of carbonyl (C=O) groups is 1. The average molecular weight is 252 g/mol. The predicted molar refractivity (Wildman–Crippen MR) is 70.5 cm³/mol. The number of nitrogens with one attached hydrogen (secondary N) is 1. The van der Waals surface area contributed by atoms with Gasteiger partial charge in [0.05, 0.1) is 5.54 Å². The first-order chi connectivity index (χ1) is 8.42. The van der Waals surface area contributed by atoms with Gasteiger partial charge in [0, 0.05) is 6.54 Å². The second-order valence-corrected chi connectivity index (χ2v) is 4.63. The largest absolute Gasteiger partial charge is 0.350 e. The van der Waals surface area contributed by atoms with Crippen molar-refractivity contribution in [2.45, 2.75) is 45.7 Å². The van der Waals surface area contributed by atoms with Crippen molar-refractivity contribution in [3.05, 3.63) is 35.1 Å². The Labute approximate surface area is 108 Å². The van der Waals surface area contributed by atoms with E-state index in [4.69, 9.17) is 5.73 Å². The van der Waals surface area contributed by atoms with E-state index in [9.17, 15) is 9.18 Å². The highest BCUT2D eigenvalue weighted by Crippen LogP contribution is 2.12. The second kappa shape index (κ2) is 5.96. The lowest BCUT2D eigenvalue weighted by Gasteiger charge is -2.25. The van der Waals surface area contributed by atoms with Crippen molar-refractivity contribution < 1.29 is 9.18 Å². The number of nitrogens with two attached hydrogens (primary N) is 1. The van der Waals surface area contributed by atoms with Crippen molar-refractivity contribution >= 4 is 5.91 Å². The third-order valence-electron chi connectivity index (χ3n) is 3.40. The van der Waals surface area contributed by atoms with Gasteiger partial charge >= 0.3 is 0 Å². The summed E-state index contributed by atoms with van der Waals surface area (Å²) < 4.78 is 13.3. The summed E-state index contributed by atoms with van der Waals surface area (Å²) in [4.78, 5) is 11.9. The van der Waals surface area contributed by atoms with Gasteiger partial charge in [-0.25, -0.2) is 4.39 Å². The van der Waals surface area contributed by atoms with Crippen molar-refractivity contribution in [3.63, 3.8) is 0 Å². The number of hydrogen-bond donors (Lipinski definition) is 2. The molecule has 0 aliphatic carbocycles. The first-order valence-corrected chi connectivity index (χ1v) is 6.25. The fourth-order valence-corrected chi connectivity index (χ4v) is 1.68. The van der Waals surface area contributed by atoms with E-state index in [1.165, 1.54) is 6.07 Å². The lowest BCUT2D eigenvalue weighted by Crippen LogP contribution is -2.52. The van der Waals surface area contributed by atoms with Gasteiger partial charge in [0.1, 0.15) is 5.82 Å². The van der Waals surface area contributed by atoms with Crippen LogP contribution in [0.15, 0.2) is 18.2 Å². The van der Waals surface area contributed by atoms with Gasteiger partial charge in [-0.15, -0.1) is 0 Å². The molecular weight excluding hydrogens is 231 g/mol. The van der Waals surface area contributed by atoms with E-state index in [0.29, 0.717) is 24.9 Å². The molecule has 0 fully saturated rings. The summed E-state index contributed by atoms with van der Waals surface area (Å²) in [6, 6.07) is 4.94. The summed E-state index contributed by atoms with van der Waals surface area (Å²) >= 11 is 0. The number of aryl methyl sites for hydroxylation is 1. The smallest absolute Gasteiger partial charge is 0.240 e. The number of halogens is 1. The van der Waals surface area contributed by atoms with Crippen LogP contribution in [0.4, 0.5) is 4.39 Å². The van der Waals surface area contributed by atoms with Crippen LogP contribution in [-0.2, 0) is 11.3 Å². The van der Waals surface area contributed by atoms with Crippen LogP contribution in [0.3, 0.4) is 0 Å². The number of benzene rings is 1. The molecule has 0 bridgehead atoms. The van der Waals surface area contributed by atoms with Crippen LogP contribution in [0.2, 0.25) is 0 Å². The van der Waals surface area contributed by atoms with Crippen molar-refractivity contribution in [1.29, 1.82) is 0 Å². The zero-order valence-electron chi connectivity index (χ0n) is 11.2. The van der Waals surface area contributed by atoms with Gasteiger partial charge in [-0.2, -0.15) is 0 Å². The molecule has 0 saturated heterocycles. The van der Waals surface area contributed by atoms with E-state index in [1.54, 1.807) is 19.1 Å². The molecule has 0 saturated carbocycles. The SMILES string of the molecule is CCC(N)(CC)C(=O)NCc1ccc(C)c(F)c1. The van der Waals surface area contributed by atoms with Gasteiger partial charge in [-0.1, -0.05) is 26.0 Å². The summed E-state index contributed by atoms with van der Waals surface area (Å²) in [5.74, 6) is -0.444. The fourth-order valence-electron chi connectivity index (χ4n) is 1.68. The maximum Gasteiger partial charge on any atom is 0.240 e. The molecular formula is C14H21FN2O. The monoisotopic (exact) mass is 252 g/mol. The molecule has 0 atom stereocenters. The predicted octanol–water partition coefficient (Wildman–Crippen LogP) is 2.27. The van der Waals surface area contributed by atoms with Crippen LogP contribution in [0, 0.1) is 12.7 Å². The average Bonchev–Trinajstić information content (AvgIpc) is 2.38. The molecule has 0 aliphatic heterocycles. The molecule has 4 heteroatoms. The zero-order chi connectivity index (χ0) is 13.8. The molecule has 1 amide bonds. The van der Waals surface area contributed by atoms with Crippen molar-refractivity contribution in [2.24, 2.45) is 5.73 Å². The quantitative estimate of drug-likeness (QED) is 0.844. The molecule has 3 nitrogen and oxygen atoms in total. The Balaban J connectivity index is 2.65. The van der Waals surface area contributed by atoms with E-state index in [2.05, 4.69) is 5.32 Å². The van der Waals surface area contributed by atoms with Crippen LogP contribution in [0.5, 0.6) is 0 Å². The molecule has 1 rings (SSSR count). The molecule has 0 unspecified atom stereocenters. The number of amides is 1. The highest BCUT2D eigenvalue weighted by atomic mass is 19.1. The van der Waals surface area contributed by atoms with Crippen LogP contribution < -0.4 is 11.1 Å². The third-order valence-corrected chi connectivity index (χ3v) is 3.40. The number of rotatable bonds is 5. The Morgan fingerprint density at radius 3 is 2.50 bits per heavy atom. The van der Waals surface area contributed by atoms with Gasteiger partial charge in [-0.3, -0.25) is 4.79 Å². The first kappa shape index (κ1) is 14.6. The standard InChI is InChI=1S/C14H21FN2O/c1-4-14(16,5-2)13(18)17-9-11-7-6-10(3)12(15)8-11/h6-8H,4-5,9,16H2,1-3H3,(H,17,18). The molecule has 0 heterocycles. The Bertz CT molecular complexity index is 428. The molecule has 18 heavy (non-hydrogen) atoms. The van der Waals surface area contributed by atoms with Gasteiger partial charge in [-0.05, 0) is 37.0 Å². The van der Waals surface area contributed by atoms with Crippen LogP contribution in [-0.4, -0.2) is 11.4 Å². The third kappa shape index (κ3) is 3.29. The molecule has 1 aromatic rings. The molecule has 0 aromatic heterocycles. The Hall–Kier alpha value is -1.42. The summed E-state index contributed by atoms with van der Waals surface area (Å²) in [6.45, 7) is 5.77. The van der Waals surface area contributed by atoms with E-state index < -0.39 is 5.54 Å². The van der Waals surface area contributed by atoms with E-state index in [1.807, 2.05) is 13.8 Å². The lowest BCUT2D eigenvalue weighted by atomic mass is 9.93. The molecule has 0 spiro atoms. The Morgan fingerprint density at radius 1 is 1.39 bits per heavy atom. The fraction of sp³-hybridized carbons (Fsp3) is 0.500. The van der Waals surface area contributed by atoms with Gasteiger partial charge in [0.2, 0.25) is 5.91 Å². The summed E-state index contributed by atoms with van der Waals surface area (Å²) in [7, 11) is 0. The topological polar surface area (TPSA) is 55.1 Å². The van der Waals surface area contributed by atoms with Crippen molar-refractivity contribution in [1.82, 2.24) is 5.32 Å². The summed E-state index contributed by atoms with van der Waals surface area (Å²) in [5, 5.41) is 2.76. The van der Waals surface area contributed by atoms with Gasteiger partial charge < -0.3 is 11.1 Å². The molecule has 0 aliphatic rings. The van der Waals surface area contributed by atoms with Crippen LogP contribution >= 0.6 is 0 Å². The minimum absolute atomic E-state index is 0.187.